The molecule has 0 saturated carbocycles. The topological polar surface area (TPSA) is 251 Å². The molecule has 20 heteroatoms. The van der Waals surface area contributed by atoms with E-state index in [1.54, 1.807) is 9.80 Å². The number of hydrogen-bond acceptors (Lipinski definition) is 12. The fourth-order valence-electron chi connectivity index (χ4n) is 3.24. The number of nitrogens with one attached hydrogen (secondary N) is 2. The molecule has 0 atom stereocenters. The van der Waals surface area contributed by atoms with E-state index in [2.05, 4.69) is 0 Å². The van der Waals surface area contributed by atoms with Crippen LogP contribution in [-0.2, 0) is 47.7 Å². The Labute approximate surface area is 253 Å². The molecule has 1 saturated heterocycles. The summed E-state index contributed by atoms with van der Waals surface area (Å²) < 4.78 is 22.0. The van der Waals surface area contributed by atoms with Crippen molar-refractivity contribution in [1.29, 1.82) is 0 Å². The summed E-state index contributed by atoms with van der Waals surface area (Å²) >= 11 is 0. The molecular weight excluding hydrogens is 615 g/mol. The van der Waals surface area contributed by atoms with Crippen molar-refractivity contribution in [2.45, 2.75) is 12.1 Å². The van der Waals surface area contributed by atoms with Gasteiger partial charge in [-0.05, 0) is 0 Å². The summed E-state index contributed by atoms with van der Waals surface area (Å²) in [5.41, 5.74) is 0. The van der Waals surface area contributed by atoms with Gasteiger partial charge in [0.25, 0.3) is 0 Å². The van der Waals surface area contributed by atoms with Crippen LogP contribution in [0, 0.1) is 0 Å². The maximum Gasteiger partial charge on any atom is 0.338 e. The van der Waals surface area contributed by atoms with Crippen molar-refractivity contribution in [3.05, 3.63) is 0 Å². The fraction of sp³-hybridized carbons (Fsp3) is 0.727. The largest absolute Gasteiger partial charge is 0.479 e. The summed E-state index contributed by atoms with van der Waals surface area (Å²) in [5, 5.41) is 39.6. The zero-order valence-corrected chi connectivity index (χ0v) is 24.3. The van der Waals surface area contributed by atoms with Crippen LogP contribution in [0.25, 0.3) is 0 Å². The highest BCUT2D eigenvalue weighted by atomic mass is 35.5. The van der Waals surface area contributed by atoms with E-state index in [0.717, 1.165) is 0 Å². The van der Waals surface area contributed by atoms with E-state index in [9.17, 15) is 28.8 Å². The number of amides is 2. The van der Waals surface area contributed by atoms with Gasteiger partial charge in [0.1, 0.15) is 0 Å². The fourth-order valence-corrected chi connectivity index (χ4v) is 3.24. The van der Waals surface area contributed by atoms with Crippen molar-refractivity contribution in [2.24, 2.45) is 0 Å². The lowest BCUT2D eigenvalue weighted by Crippen LogP contribution is -2.50. The molecule has 2 amide bonds. The molecular formula is C22H38Cl2N4O14. The van der Waals surface area contributed by atoms with Gasteiger partial charge in [-0.2, -0.15) is 0 Å². The van der Waals surface area contributed by atoms with Crippen LogP contribution in [0.5, 0.6) is 0 Å². The second-order valence-corrected chi connectivity index (χ2v) is 8.36. The third-order valence-corrected chi connectivity index (χ3v) is 5.28. The van der Waals surface area contributed by atoms with Crippen LogP contribution in [0.2, 0.25) is 0 Å². The zero-order chi connectivity index (χ0) is 29.9. The average Bonchev–Trinajstić information content (AvgIpc) is 2.87. The van der Waals surface area contributed by atoms with Gasteiger partial charge in [0, 0.05) is 26.2 Å². The second-order valence-electron chi connectivity index (χ2n) is 8.36. The number of carboxylic acid groups (broad SMARTS) is 4. The van der Waals surface area contributed by atoms with Crippen LogP contribution in [0.15, 0.2) is 0 Å². The van der Waals surface area contributed by atoms with Gasteiger partial charge in [-0.1, -0.05) is 0 Å². The first kappa shape index (κ1) is 41.3. The van der Waals surface area contributed by atoms with Gasteiger partial charge in [-0.3, -0.25) is 19.4 Å². The molecule has 1 aliphatic heterocycles. The molecule has 42 heavy (non-hydrogen) atoms. The number of aliphatic carboxylic acids is 4. The minimum atomic E-state index is -2.06. The van der Waals surface area contributed by atoms with Gasteiger partial charge in [0.15, 0.2) is 0 Å². The molecule has 1 aliphatic rings. The van der Waals surface area contributed by atoms with E-state index in [4.69, 9.17) is 39.4 Å². The number of ether oxygens (including phenoxy) is 4. The van der Waals surface area contributed by atoms with Crippen LogP contribution in [0.3, 0.4) is 0 Å². The van der Waals surface area contributed by atoms with E-state index < -0.39 is 47.8 Å². The van der Waals surface area contributed by atoms with Crippen LogP contribution >= 0.6 is 24.8 Å². The van der Waals surface area contributed by atoms with Crippen LogP contribution in [0.1, 0.15) is 0 Å². The average molecular weight is 653 g/mol. The molecule has 0 unspecified atom stereocenters. The Morgan fingerprint density at radius 3 is 0.952 bits per heavy atom. The zero-order valence-electron chi connectivity index (χ0n) is 22.6. The minimum absolute atomic E-state index is 0. The van der Waals surface area contributed by atoms with Crippen LogP contribution < -0.4 is 10.6 Å². The molecule has 0 aromatic rings. The summed E-state index contributed by atoms with van der Waals surface area (Å²) in [5.74, 6) is -8.34. The standard InChI is InChI=1S/C22H36N4O14.2ClH/c27-15(23-17(19(29)30)20(31)32)13-25-1-5-37-9-10-39-7-3-26(4-8-40-12-11-38-6-2-25)14-16(28)24-18(21(33)34)22(35)36;;/h17-18H,1-14H2,(H,23,27)(H,24,28)(H,29,30)(H,31,32)(H,33,34)(H,35,36);2*1H. The summed E-state index contributed by atoms with van der Waals surface area (Å²) in [6.45, 7) is 1.98. The molecule has 18 nitrogen and oxygen atoms in total. The highest BCUT2D eigenvalue weighted by Crippen LogP contribution is 1.96. The Morgan fingerprint density at radius 2 is 0.738 bits per heavy atom. The Kier molecular flexibility index (Phi) is 23.3. The smallest absolute Gasteiger partial charge is 0.338 e. The van der Waals surface area contributed by atoms with E-state index in [1.807, 2.05) is 10.6 Å². The van der Waals surface area contributed by atoms with Crippen LogP contribution in [0.4, 0.5) is 0 Å². The number of rotatable bonds is 10. The maximum absolute atomic E-state index is 12.2. The normalized spacial score (nSPS) is 17.0. The first-order chi connectivity index (χ1) is 19.0. The third kappa shape index (κ3) is 18.6. The van der Waals surface area contributed by atoms with Crippen molar-refractivity contribution in [1.82, 2.24) is 20.4 Å². The van der Waals surface area contributed by atoms with E-state index in [-0.39, 0.29) is 117 Å². The van der Waals surface area contributed by atoms with Crippen molar-refractivity contribution >= 4 is 60.5 Å². The number of halogens is 2. The van der Waals surface area contributed by atoms with Crippen molar-refractivity contribution in [3.8, 4) is 0 Å². The monoisotopic (exact) mass is 652 g/mol. The van der Waals surface area contributed by atoms with Gasteiger partial charge in [-0.25, -0.2) is 19.2 Å². The lowest BCUT2D eigenvalue weighted by molar-refractivity contribution is -0.154. The lowest BCUT2D eigenvalue weighted by atomic mass is 10.3. The predicted octanol–water partition coefficient (Wildman–Crippen LogP) is -3.18. The number of hydrogen-bond donors (Lipinski definition) is 6. The maximum atomic E-state index is 12.2. The molecule has 0 aromatic heterocycles. The molecule has 1 fully saturated rings. The lowest BCUT2D eigenvalue weighted by Gasteiger charge is -2.23. The summed E-state index contributed by atoms with van der Waals surface area (Å²) in [6, 6.07) is -4.13. The number of carboxylic acids is 4. The summed E-state index contributed by atoms with van der Waals surface area (Å²) in [4.78, 5) is 71.6. The second kappa shape index (κ2) is 23.7. The molecule has 0 aromatic carbocycles. The van der Waals surface area contributed by atoms with E-state index in [0.29, 0.717) is 0 Å². The molecule has 6 N–H and O–H groups in total. The first-order valence-electron chi connectivity index (χ1n) is 12.3. The Bertz CT molecular complexity index is 753. The van der Waals surface area contributed by atoms with Crippen molar-refractivity contribution in [3.63, 3.8) is 0 Å². The van der Waals surface area contributed by atoms with Gasteiger partial charge in [0.2, 0.25) is 23.9 Å². The van der Waals surface area contributed by atoms with Crippen LogP contribution in [-0.4, -0.2) is 170 Å². The molecule has 1 rings (SSSR count). The Morgan fingerprint density at radius 1 is 0.500 bits per heavy atom. The highest BCUT2D eigenvalue weighted by molar-refractivity contribution is 6.01. The van der Waals surface area contributed by atoms with Gasteiger partial charge >= 0.3 is 23.9 Å². The third-order valence-electron chi connectivity index (χ3n) is 5.28. The minimum Gasteiger partial charge on any atom is -0.479 e. The molecule has 0 radical (unpaired) electrons. The molecule has 0 spiro atoms. The van der Waals surface area contributed by atoms with E-state index in [1.165, 1.54) is 0 Å². The highest BCUT2D eigenvalue weighted by Gasteiger charge is 2.29. The van der Waals surface area contributed by atoms with Crippen molar-refractivity contribution in [2.75, 3.05) is 92.1 Å². The Balaban J connectivity index is 0. The van der Waals surface area contributed by atoms with Crippen molar-refractivity contribution < 1.29 is 68.1 Å². The quantitative estimate of drug-likeness (QED) is 0.127. The molecule has 0 aliphatic carbocycles. The first-order valence-corrected chi connectivity index (χ1v) is 12.3. The summed E-state index contributed by atoms with van der Waals surface area (Å²) in [7, 11) is 0. The van der Waals surface area contributed by atoms with E-state index >= 15 is 0 Å². The predicted molar refractivity (Wildman–Crippen MR) is 145 cm³/mol. The SMILES string of the molecule is Cl.Cl.O=C(CN1CCOCCOCCN(CC(=O)NC(C(=O)O)C(=O)O)CCOCCOCC1)NC(C(=O)O)C(=O)O. The number of nitrogens with zero attached hydrogens (tertiary/aromatic N) is 2. The molecule has 0 bridgehead atoms. The van der Waals surface area contributed by atoms with Gasteiger partial charge < -0.3 is 50.0 Å². The van der Waals surface area contributed by atoms with Gasteiger partial charge in [-0.15, -0.1) is 24.8 Å². The molecule has 1 heterocycles. The number of carbonyl (C=O) groups is 6. The summed E-state index contributed by atoms with van der Waals surface area (Å²) in [6.07, 6.45) is 0. The number of carbonyl (C=O) groups excluding carboxylic acids is 2. The van der Waals surface area contributed by atoms with Gasteiger partial charge in [0.05, 0.1) is 65.9 Å². The Hall–Kier alpha value is -2.84. The molecule has 244 valence electrons.